The van der Waals surface area contributed by atoms with E-state index in [4.69, 9.17) is 0 Å². The van der Waals surface area contributed by atoms with Gasteiger partial charge in [-0.2, -0.15) is 0 Å². The molecule has 1 N–H and O–H groups in total. The van der Waals surface area contributed by atoms with Crippen LogP contribution in [-0.2, 0) is 48.7 Å². The van der Waals surface area contributed by atoms with Crippen LogP contribution in [0.3, 0.4) is 0 Å². The molecule has 0 aliphatic heterocycles. The van der Waals surface area contributed by atoms with Crippen LogP contribution in [0, 0.1) is 5.41 Å². The Labute approximate surface area is 810 Å². The van der Waals surface area contributed by atoms with Gasteiger partial charge in [0.1, 0.15) is 0 Å². The van der Waals surface area contributed by atoms with Gasteiger partial charge in [-0.25, -0.2) is 0 Å². The Kier molecular flexibility index (Phi) is 22.2. The molecule has 0 bridgehead atoms. The van der Waals surface area contributed by atoms with Gasteiger partial charge in [-0.1, -0.05) is 421 Å². The summed E-state index contributed by atoms with van der Waals surface area (Å²) in [7, 11) is 0. The average Bonchev–Trinajstić information content (AvgIpc) is 1.49. The minimum atomic E-state index is -0.623. The van der Waals surface area contributed by atoms with Crippen LogP contribution in [0.25, 0.3) is 66.8 Å². The summed E-state index contributed by atoms with van der Waals surface area (Å²) in [5.74, 6) is 0. The number of hydrogen-bond donors (Lipinski definition) is 1. The molecule has 0 radical (unpaired) electrons. The Bertz CT molecular complexity index is 6960. The standard InChI is InChI=1S/C74H78N2.C34H22Br2.C20H27N/c1-16-48(69(2,3)4)24-23-45-75(52-37-31-49(32-38-52)70(5,6)7)65-47-64-66(68-67(65)58-27-19-20-28-60(58)73(68,14)15)59-44-43-55(46-63(59)74(64)61-29-21-17-25-56(61)57-26-18-22-30-62(57)74)76(53-39-33-50(34-40-53)71(8,9)10)54-41-35-51(36-42-54)72(11,12)13;1-33(2)24-12-6-5-11-22(24)31-29(36)18-28-30(32(31)33)23-16-15-19(35)17-27(23)34(28)25-13-7-3-9-20(25)21-10-4-8-14-26(21)34;1-19(2,3)15-7-11-17(12-8-15)21-18-13-9-16(10-14-18)20(4,5)6/h16-44,46-47H,45H2,1-15H3;3-18H,1-2H3;7-14,21H,1-6H3/b24-23-,48-16+;;. The second-order valence-electron chi connectivity index (χ2n) is 45.1. The van der Waals surface area contributed by atoms with Crippen molar-refractivity contribution in [2.75, 3.05) is 21.7 Å². The lowest BCUT2D eigenvalue weighted by Gasteiger charge is -2.35. The predicted octanol–water partition coefficient (Wildman–Crippen LogP) is 36.3. The molecule has 0 saturated carbocycles. The molecule has 3 nitrogen and oxygen atoms in total. The monoisotopic (exact) mass is 1860 g/mol. The second-order valence-corrected chi connectivity index (χ2v) is 46.8. The van der Waals surface area contributed by atoms with E-state index in [1.807, 2.05) is 0 Å². The lowest BCUT2D eigenvalue weighted by molar-refractivity contribution is 0.516. The third kappa shape index (κ3) is 15.0. The summed E-state index contributed by atoms with van der Waals surface area (Å²) in [6, 6.07) is 120. The number of fused-ring (bicyclic) bond motifs is 28. The van der Waals surface area contributed by atoms with E-state index >= 15 is 0 Å². The van der Waals surface area contributed by atoms with Crippen molar-refractivity contribution in [1.82, 2.24) is 0 Å². The van der Waals surface area contributed by atoms with Gasteiger partial charge in [-0.15, -0.1) is 0 Å². The molecule has 0 unspecified atom stereocenters. The molecule has 0 aromatic heterocycles. The van der Waals surface area contributed by atoms with E-state index in [1.54, 1.807) is 0 Å². The molecule has 5 heteroatoms. The number of rotatable bonds is 10. The highest BCUT2D eigenvalue weighted by Gasteiger charge is 2.58. The SMILES string of the molecule is C/C=C(\C=C/CN(c1ccc(C(C)(C)C)cc1)c1cc2c(c3c1-c1ccccc1C3(C)C)-c1ccc(N(c3ccc(C(C)(C)C)cc3)c3ccc(C(C)(C)C)cc3)cc1C21c2ccccc2-c2ccccc21)C(C)(C)C.CC(C)(C)c1ccc(Nc2ccc(C(C)(C)C)cc2)cc1.CC1(C)c2ccccc2-c2c(Br)cc3c(c21)-c1ccc(Br)cc1C31c2ccccc2-c2ccccc21. The fraction of sp³-hybridized carbons (Fsp3) is 0.266. The summed E-state index contributed by atoms with van der Waals surface area (Å²) in [4.78, 5) is 5.11. The second kappa shape index (κ2) is 32.8. The molecular formula is C128H127Br2N3. The Hall–Kier alpha value is -11.9. The molecule has 15 aromatic rings. The van der Waals surface area contributed by atoms with Crippen LogP contribution >= 0.6 is 31.9 Å². The van der Waals surface area contributed by atoms with Crippen molar-refractivity contribution in [3.8, 4) is 66.8 Å². The first kappa shape index (κ1) is 90.3. The van der Waals surface area contributed by atoms with Crippen LogP contribution in [0.1, 0.15) is 254 Å². The normalized spacial score (nSPS) is 14.9. The molecule has 6 aliphatic carbocycles. The van der Waals surface area contributed by atoms with Crippen molar-refractivity contribution < 1.29 is 0 Å². The van der Waals surface area contributed by atoms with E-state index in [-0.39, 0.29) is 48.7 Å². The van der Waals surface area contributed by atoms with Crippen LogP contribution in [0.5, 0.6) is 0 Å². The maximum atomic E-state index is 4.08. The molecule has 0 amide bonds. The van der Waals surface area contributed by atoms with Gasteiger partial charge in [0.2, 0.25) is 0 Å². The minimum Gasteiger partial charge on any atom is -0.356 e. The molecule has 0 saturated heterocycles. The first-order valence-electron chi connectivity index (χ1n) is 47.9. The van der Waals surface area contributed by atoms with Crippen LogP contribution in [0.2, 0.25) is 0 Å². The fourth-order valence-corrected chi connectivity index (χ4v) is 23.9. The van der Waals surface area contributed by atoms with Gasteiger partial charge in [0.25, 0.3) is 0 Å². The Morgan fingerprint density at radius 1 is 0.301 bits per heavy atom. The minimum absolute atomic E-state index is 0.0177. The van der Waals surface area contributed by atoms with Crippen molar-refractivity contribution in [3.05, 3.63) is 443 Å². The highest BCUT2D eigenvalue weighted by atomic mass is 79.9. The fourth-order valence-electron chi connectivity index (χ4n) is 22.9. The smallest absolute Gasteiger partial charge is 0.0727 e. The van der Waals surface area contributed by atoms with Crippen molar-refractivity contribution in [3.63, 3.8) is 0 Å². The van der Waals surface area contributed by atoms with Crippen molar-refractivity contribution in [2.45, 2.75) is 208 Å². The highest BCUT2D eigenvalue weighted by molar-refractivity contribution is 9.10. The maximum Gasteiger partial charge on any atom is 0.0727 e. The number of anilines is 7. The number of allylic oxidation sites excluding steroid dienone is 3. The average molecular weight is 1870 g/mol. The maximum absolute atomic E-state index is 4.08. The van der Waals surface area contributed by atoms with Crippen LogP contribution in [-0.4, -0.2) is 6.54 Å². The number of nitrogens with one attached hydrogen (secondary N) is 1. The third-order valence-electron chi connectivity index (χ3n) is 29.7. The molecular weight excluding hydrogens is 1740 g/mol. The Morgan fingerprint density at radius 3 is 1.00 bits per heavy atom. The first-order valence-corrected chi connectivity index (χ1v) is 49.5. The number of halogens is 2. The third-order valence-corrected chi connectivity index (χ3v) is 30.9. The van der Waals surface area contributed by atoms with Crippen LogP contribution in [0.4, 0.5) is 39.8 Å². The first-order chi connectivity index (χ1) is 63.1. The Morgan fingerprint density at radius 2 is 0.617 bits per heavy atom. The van der Waals surface area contributed by atoms with Crippen LogP contribution in [0.15, 0.2) is 348 Å². The molecule has 133 heavy (non-hydrogen) atoms. The van der Waals surface area contributed by atoms with E-state index in [2.05, 4.69) is 540 Å². The van der Waals surface area contributed by atoms with Gasteiger partial charge in [-0.05, 0) is 292 Å². The molecule has 2 spiro atoms. The van der Waals surface area contributed by atoms with E-state index in [9.17, 15) is 0 Å². The summed E-state index contributed by atoms with van der Waals surface area (Å²) >= 11 is 7.92. The molecule has 0 heterocycles. The van der Waals surface area contributed by atoms with Crippen molar-refractivity contribution >= 4 is 71.7 Å². The topological polar surface area (TPSA) is 18.5 Å². The van der Waals surface area contributed by atoms with Crippen molar-refractivity contribution in [2.24, 2.45) is 5.41 Å². The molecule has 0 fully saturated rings. The predicted molar refractivity (Wildman–Crippen MR) is 576 cm³/mol. The van der Waals surface area contributed by atoms with Crippen LogP contribution < -0.4 is 15.1 Å². The van der Waals surface area contributed by atoms with Gasteiger partial charge in [0, 0.05) is 77.3 Å². The number of nitrogens with zero attached hydrogens (tertiary/aromatic N) is 2. The van der Waals surface area contributed by atoms with E-state index in [0.717, 1.165) is 32.9 Å². The van der Waals surface area contributed by atoms with Gasteiger partial charge in [-0.3, -0.25) is 0 Å². The summed E-state index contributed by atoms with van der Waals surface area (Å²) in [5, 5.41) is 3.46. The molecule has 21 rings (SSSR count). The lowest BCUT2D eigenvalue weighted by atomic mass is 9.69. The van der Waals surface area contributed by atoms with E-state index in [1.165, 1.54) is 183 Å². The summed E-state index contributed by atoms with van der Waals surface area (Å²) in [6.45, 7) is 53.7. The van der Waals surface area contributed by atoms with E-state index < -0.39 is 5.41 Å². The number of benzene rings is 15. The molecule has 15 aromatic carbocycles. The van der Waals surface area contributed by atoms with Gasteiger partial charge in [0.05, 0.1) is 10.8 Å². The van der Waals surface area contributed by atoms with Crippen molar-refractivity contribution in [1.29, 1.82) is 0 Å². The zero-order valence-corrected chi connectivity index (χ0v) is 85.3. The van der Waals surface area contributed by atoms with Gasteiger partial charge >= 0.3 is 0 Å². The summed E-state index contributed by atoms with van der Waals surface area (Å²) in [5.41, 5.74) is 47.8. The lowest BCUT2D eigenvalue weighted by Crippen LogP contribution is -2.28. The Balaban J connectivity index is 0.000000162. The largest absolute Gasteiger partial charge is 0.356 e. The summed E-state index contributed by atoms with van der Waals surface area (Å²) in [6.07, 6.45) is 7.04. The molecule has 6 aliphatic rings. The number of hydrogen-bond acceptors (Lipinski definition) is 3. The van der Waals surface area contributed by atoms with E-state index in [0.29, 0.717) is 6.54 Å². The zero-order valence-electron chi connectivity index (χ0n) is 82.1. The zero-order chi connectivity index (χ0) is 94.0. The highest BCUT2D eigenvalue weighted by Crippen LogP contribution is 2.71. The molecule has 0 atom stereocenters. The molecule has 668 valence electrons. The quantitative estimate of drug-likeness (QED) is 0.138. The summed E-state index contributed by atoms with van der Waals surface area (Å²) < 4.78 is 2.30. The van der Waals surface area contributed by atoms with Gasteiger partial charge in [0.15, 0.2) is 0 Å². The van der Waals surface area contributed by atoms with Gasteiger partial charge < -0.3 is 15.1 Å².